The summed E-state index contributed by atoms with van der Waals surface area (Å²) in [7, 11) is 2.99. The number of halogens is 1. The Balaban J connectivity index is 2.02. The second-order valence-electron chi connectivity index (χ2n) is 6.96. The van der Waals surface area contributed by atoms with Gasteiger partial charge in [0.1, 0.15) is 27.8 Å². The molecule has 1 amide bonds. The first-order valence-corrected chi connectivity index (χ1v) is 11.0. The van der Waals surface area contributed by atoms with Gasteiger partial charge < -0.3 is 14.8 Å². The molecule has 3 aromatic rings. The fourth-order valence-electron chi connectivity index (χ4n) is 3.19. The van der Waals surface area contributed by atoms with Gasteiger partial charge in [0.15, 0.2) is 0 Å². The molecule has 6 nitrogen and oxygen atoms in total. The van der Waals surface area contributed by atoms with Gasteiger partial charge in [-0.15, -0.1) is 0 Å². The number of aryl methyl sites for hydroxylation is 2. The summed E-state index contributed by atoms with van der Waals surface area (Å²) < 4.78 is 10.7. The van der Waals surface area contributed by atoms with Crippen LogP contribution < -0.4 is 14.8 Å². The molecule has 8 heteroatoms. The Kier molecular flexibility index (Phi) is 7.62. The Hall–Kier alpha value is -3.21. The van der Waals surface area contributed by atoms with E-state index in [4.69, 9.17) is 21.1 Å². The molecular weight excluding hydrogens is 446 g/mol. The topological polar surface area (TPSA) is 84.2 Å². The van der Waals surface area contributed by atoms with Gasteiger partial charge >= 0.3 is 0 Å². The normalized spacial score (nSPS) is 11.4. The van der Waals surface area contributed by atoms with Crippen LogP contribution in [0.2, 0.25) is 5.02 Å². The SMILES string of the molecule is COc1cc(NC(=O)C(Sc2nc(C)cc(C)c2C#N)c2ccccc2)c(OC)cc1Cl. The van der Waals surface area contributed by atoms with Gasteiger partial charge in [0.2, 0.25) is 5.91 Å². The van der Waals surface area contributed by atoms with Crippen molar-refractivity contribution in [2.24, 2.45) is 0 Å². The maximum absolute atomic E-state index is 13.5. The number of nitrogens with zero attached hydrogens (tertiary/aromatic N) is 2. The summed E-state index contributed by atoms with van der Waals surface area (Å²) in [5.74, 6) is 0.520. The molecule has 0 spiro atoms. The number of carbonyl (C=O) groups excluding carboxylic acids is 1. The maximum Gasteiger partial charge on any atom is 0.242 e. The Labute approximate surface area is 196 Å². The summed E-state index contributed by atoms with van der Waals surface area (Å²) in [6.45, 7) is 3.72. The zero-order valence-corrected chi connectivity index (χ0v) is 19.7. The smallest absolute Gasteiger partial charge is 0.242 e. The number of rotatable bonds is 7. The van der Waals surface area contributed by atoms with E-state index in [0.29, 0.717) is 32.8 Å². The molecule has 0 fully saturated rings. The van der Waals surface area contributed by atoms with Gasteiger partial charge in [-0.05, 0) is 31.0 Å². The van der Waals surface area contributed by atoms with E-state index in [1.807, 2.05) is 50.2 Å². The van der Waals surface area contributed by atoms with E-state index < -0.39 is 5.25 Å². The minimum Gasteiger partial charge on any atom is -0.495 e. The fraction of sp³-hybridized carbons (Fsp3) is 0.208. The van der Waals surface area contributed by atoms with Crippen molar-refractivity contribution < 1.29 is 14.3 Å². The third-order valence-electron chi connectivity index (χ3n) is 4.73. The van der Waals surface area contributed by atoms with Gasteiger partial charge in [0, 0.05) is 17.8 Å². The van der Waals surface area contributed by atoms with Crippen molar-refractivity contribution >= 4 is 35.0 Å². The van der Waals surface area contributed by atoms with E-state index in [9.17, 15) is 10.1 Å². The van der Waals surface area contributed by atoms with Crippen molar-refractivity contribution in [3.8, 4) is 17.6 Å². The lowest BCUT2D eigenvalue weighted by Gasteiger charge is -2.19. The fourth-order valence-corrected chi connectivity index (χ4v) is 4.63. The molecule has 1 heterocycles. The first kappa shape index (κ1) is 23.5. The van der Waals surface area contributed by atoms with Gasteiger partial charge in [-0.25, -0.2) is 4.98 Å². The van der Waals surface area contributed by atoms with E-state index in [1.165, 1.54) is 26.0 Å². The second kappa shape index (κ2) is 10.4. The number of aromatic nitrogens is 1. The Morgan fingerprint density at radius 2 is 1.81 bits per heavy atom. The lowest BCUT2D eigenvalue weighted by atomic mass is 10.1. The zero-order chi connectivity index (χ0) is 23.3. The molecule has 2 aromatic carbocycles. The standard InChI is InChI=1S/C24H22ClN3O3S/c1-14-10-15(2)27-24(17(14)13-26)32-22(16-8-6-5-7-9-16)23(29)28-19-12-20(30-3)18(25)11-21(19)31-4/h5-12,22H,1-4H3,(H,28,29). The quantitative estimate of drug-likeness (QED) is 0.448. The van der Waals surface area contributed by atoms with Gasteiger partial charge in [-0.3, -0.25) is 4.79 Å². The number of ether oxygens (including phenoxy) is 2. The number of thioether (sulfide) groups is 1. The van der Waals surface area contributed by atoms with E-state index in [1.54, 1.807) is 12.1 Å². The molecule has 0 saturated carbocycles. The molecule has 0 aliphatic heterocycles. The number of anilines is 1. The van der Waals surface area contributed by atoms with Gasteiger partial charge in [-0.1, -0.05) is 53.7 Å². The third kappa shape index (κ3) is 5.16. The third-order valence-corrected chi connectivity index (χ3v) is 6.26. The molecule has 1 N–H and O–H groups in total. The highest BCUT2D eigenvalue weighted by atomic mass is 35.5. The van der Waals surface area contributed by atoms with Gasteiger partial charge in [-0.2, -0.15) is 5.26 Å². The van der Waals surface area contributed by atoms with Crippen LogP contribution >= 0.6 is 23.4 Å². The van der Waals surface area contributed by atoms with Crippen molar-refractivity contribution in [2.45, 2.75) is 24.1 Å². The average molecular weight is 468 g/mol. The Morgan fingerprint density at radius 1 is 1.12 bits per heavy atom. The number of methoxy groups -OCH3 is 2. The van der Waals surface area contributed by atoms with Crippen LogP contribution in [-0.4, -0.2) is 25.1 Å². The van der Waals surface area contributed by atoms with Crippen LogP contribution in [0.1, 0.15) is 27.6 Å². The van der Waals surface area contributed by atoms with Crippen LogP contribution in [0.3, 0.4) is 0 Å². The molecule has 1 atom stereocenters. The maximum atomic E-state index is 13.5. The number of benzene rings is 2. The number of carbonyl (C=O) groups is 1. The largest absolute Gasteiger partial charge is 0.495 e. The number of amides is 1. The predicted octanol–water partition coefficient (Wildman–Crippen LogP) is 5.71. The molecule has 3 rings (SSSR count). The molecule has 0 saturated heterocycles. The van der Waals surface area contributed by atoms with Crippen LogP contribution in [-0.2, 0) is 4.79 Å². The van der Waals surface area contributed by atoms with E-state index in [2.05, 4.69) is 16.4 Å². The highest BCUT2D eigenvalue weighted by Gasteiger charge is 2.26. The second-order valence-corrected chi connectivity index (χ2v) is 8.46. The molecule has 1 aromatic heterocycles. The van der Waals surface area contributed by atoms with Gasteiger partial charge in [0.05, 0.1) is 30.5 Å². The number of nitrogens with one attached hydrogen (secondary N) is 1. The van der Waals surface area contributed by atoms with Crippen molar-refractivity contribution in [1.82, 2.24) is 4.98 Å². The summed E-state index contributed by atoms with van der Waals surface area (Å²) in [5, 5.41) is 12.8. The van der Waals surface area contributed by atoms with Crippen LogP contribution in [0, 0.1) is 25.2 Å². The monoisotopic (exact) mass is 467 g/mol. The molecule has 32 heavy (non-hydrogen) atoms. The highest BCUT2D eigenvalue weighted by molar-refractivity contribution is 8.00. The van der Waals surface area contributed by atoms with Crippen molar-refractivity contribution in [3.63, 3.8) is 0 Å². The first-order valence-electron chi connectivity index (χ1n) is 9.70. The predicted molar refractivity (Wildman–Crippen MR) is 127 cm³/mol. The highest BCUT2D eigenvalue weighted by Crippen LogP contribution is 2.40. The minimum atomic E-state index is -0.664. The van der Waals surface area contributed by atoms with Crippen molar-refractivity contribution in [2.75, 3.05) is 19.5 Å². The Bertz CT molecular complexity index is 1180. The number of pyridine rings is 1. The Morgan fingerprint density at radius 3 is 2.44 bits per heavy atom. The first-order chi connectivity index (χ1) is 15.4. The van der Waals surface area contributed by atoms with E-state index >= 15 is 0 Å². The lowest BCUT2D eigenvalue weighted by molar-refractivity contribution is -0.115. The molecular formula is C24H22ClN3O3S. The minimum absolute atomic E-state index is 0.297. The molecule has 164 valence electrons. The summed E-state index contributed by atoms with van der Waals surface area (Å²) in [4.78, 5) is 18.0. The van der Waals surface area contributed by atoms with E-state index in [-0.39, 0.29) is 5.91 Å². The average Bonchev–Trinajstić information content (AvgIpc) is 2.78. The molecule has 0 aliphatic rings. The lowest BCUT2D eigenvalue weighted by Crippen LogP contribution is -2.20. The van der Waals surface area contributed by atoms with Crippen LogP contribution in [0.25, 0.3) is 0 Å². The zero-order valence-electron chi connectivity index (χ0n) is 18.1. The summed E-state index contributed by atoms with van der Waals surface area (Å²) in [5.41, 5.74) is 3.26. The van der Waals surface area contributed by atoms with Crippen LogP contribution in [0.5, 0.6) is 11.5 Å². The van der Waals surface area contributed by atoms with Crippen LogP contribution in [0.4, 0.5) is 5.69 Å². The number of hydrogen-bond donors (Lipinski definition) is 1. The summed E-state index contributed by atoms with van der Waals surface area (Å²) in [6, 6.07) is 16.6. The number of hydrogen-bond acceptors (Lipinski definition) is 6. The van der Waals surface area contributed by atoms with Gasteiger partial charge in [0.25, 0.3) is 0 Å². The molecule has 0 bridgehead atoms. The van der Waals surface area contributed by atoms with Crippen molar-refractivity contribution in [1.29, 1.82) is 5.26 Å². The summed E-state index contributed by atoms with van der Waals surface area (Å²) >= 11 is 7.42. The number of nitriles is 1. The summed E-state index contributed by atoms with van der Waals surface area (Å²) in [6.07, 6.45) is 0. The molecule has 1 unspecified atom stereocenters. The van der Waals surface area contributed by atoms with E-state index in [0.717, 1.165) is 16.8 Å². The van der Waals surface area contributed by atoms with Crippen LogP contribution in [0.15, 0.2) is 53.6 Å². The molecule has 0 aliphatic carbocycles. The van der Waals surface area contributed by atoms with Crippen molar-refractivity contribution in [3.05, 3.63) is 75.9 Å². The molecule has 0 radical (unpaired) electrons.